The van der Waals surface area contributed by atoms with Crippen LogP contribution in [-0.2, 0) is 0 Å². The predicted octanol–water partition coefficient (Wildman–Crippen LogP) is 1.64. The maximum absolute atomic E-state index is 9.50. The second-order valence-corrected chi connectivity index (χ2v) is 8.99. The number of phenolic OH excluding ortho intramolecular Hbond substituents is 2. The standard InChI is InChI=1S/C9H14O2Si/c1-12(2,3)9-5-4-7(10)6-8(9)11/h4-6,10-11H,1-3H3. The molecular weight excluding hydrogens is 168 g/mol. The molecule has 0 saturated carbocycles. The summed E-state index contributed by atoms with van der Waals surface area (Å²) in [6.45, 7) is 6.46. The van der Waals surface area contributed by atoms with Crippen LogP contribution in [0, 0.1) is 0 Å². The van der Waals surface area contributed by atoms with E-state index in [9.17, 15) is 5.11 Å². The molecule has 0 unspecified atom stereocenters. The Morgan fingerprint density at radius 3 is 2.08 bits per heavy atom. The SMILES string of the molecule is C[Si](C)(C)c1ccc(O)cc1O. The number of rotatable bonds is 1. The third kappa shape index (κ3) is 1.79. The summed E-state index contributed by atoms with van der Waals surface area (Å²) in [5, 5.41) is 19.5. The highest BCUT2D eigenvalue weighted by molar-refractivity contribution is 6.89. The van der Waals surface area contributed by atoms with E-state index >= 15 is 0 Å². The summed E-state index contributed by atoms with van der Waals surface area (Å²) in [6, 6.07) is 4.82. The summed E-state index contributed by atoms with van der Waals surface area (Å²) in [6.07, 6.45) is 0. The summed E-state index contributed by atoms with van der Waals surface area (Å²) >= 11 is 0. The van der Waals surface area contributed by atoms with Gasteiger partial charge < -0.3 is 10.2 Å². The Kier molecular flexibility index (Phi) is 2.15. The molecule has 1 rings (SSSR count). The lowest BCUT2D eigenvalue weighted by molar-refractivity contribution is 0.453. The molecular formula is C9H14O2Si. The smallest absolute Gasteiger partial charge is 0.119 e. The number of hydrogen-bond acceptors (Lipinski definition) is 2. The minimum Gasteiger partial charge on any atom is -0.508 e. The zero-order chi connectivity index (χ0) is 9.35. The van der Waals surface area contributed by atoms with Gasteiger partial charge in [0.05, 0.1) is 8.07 Å². The third-order valence-electron chi connectivity index (χ3n) is 1.79. The van der Waals surface area contributed by atoms with Gasteiger partial charge in [0.15, 0.2) is 0 Å². The molecule has 12 heavy (non-hydrogen) atoms. The molecule has 0 bridgehead atoms. The number of benzene rings is 1. The Morgan fingerprint density at radius 2 is 1.67 bits per heavy atom. The fourth-order valence-corrected chi connectivity index (χ4v) is 2.58. The van der Waals surface area contributed by atoms with E-state index in [1.165, 1.54) is 6.07 Å². The van der Waals surface area contributed by atoms with Gasteiger partial charge >= 0.3 is 0 Å². The van der Waals surface area contributed by atoms with Gasteiger partial charge in [0.25, 0.3) is 0 Å². The minimum atomic E-state index is -1.46. The monoisotopic (exact) mass is 182 g/mol. The highest BCUT2D eigenvalue weighted by Gasteiger charge is 2.19. The van der Waals surface area contributed by atoms with Gasteiger partial charge in [0.1, 0.15) is 11.5 Å². The molecule has 0 aliphatic carbocycles. The predicted molar refractivity (Wildman–Crippen MR) is 52.8 cm³/mol. The van der Waals surface area contributed by atoms with E-state index < -0.39 is 8.07 Å². The molecule has 0 radical (unpaired) electrons. The lowest BCUT2D eigenvalue weighted by Crippen LogP contribution is -2.37. The maximum atomic E-state index is 9.50. The molecule has 2 nitrogen and oxygen atoms in total. The van der Waals surface area contributed by atoms with Crippen molar-refractivity contribution in [1.82, 2.24) is 0 Å². The highest BCUT2D eigenvalue weighted by atomic mass is 28.3. The van der Waals surface area contributed by atoms with Gasteiger partial charge in [0, 0.05) is 6.07 Å². The van der Waals surface area contributed by atoms with Crippen molar-refractivity contribution in [2.75, 3.05) is 0 Å². The molecule has 0 spiro atoms. The molecule has 0 aromatic heterocycles. The second-order valence-electron chi connectivity index (χ2n) is 3.95. The average molecular weight is 182 g/mol. The van der Waals surface area contributed by atoms with Gasteiger partial charge in [-0.25, -0.2) is 0 Å². The van der Waals surface area contributed by atoms with Crippen LogP contribution < -0.4 is 5.19 Å². The Labute approximate surface area is 73.5 Å². The topological polar surface area (TPSA) is 40.5 Å². The van der Waals surface area contributed by atoms with Gasteiger partial charge in [-0.15, -0.1) is 0 Å². The lowest BCUT2D eigenvalue weighted by Gasteiger charge is -2.17. The van der Waals surface area contributed by atoms with Crippen LogP contribution in [0.25, 0.3) is 0 Å². The molecule has 0 aliphatic heterocycles. The van der Waals surface area contributed by atoms with Crippen molar-refractivity contribution in [3.63, 3.8) is 0 Å². The first-order valence-corrected chi connectivity index (χ1v) is 7.44. The van der Waals surface area contributed by atoms with Gasteiger partial charge in [-0.3, -0.25) is 0 Å². The van der Waals surface area contributed by atoms with Crippen molar-refractivity contribution in [3.05, 3.63) is 18.2 Å². The molecule has 2 N–H and O–H groups in total. The van der Waals surface area contributed by atoms with Crippen LogP contribution in [0.5, 0.6) is 11.5 Å². The van der Waals surface area contributed by atoms with Crippen LogP contribution in [0.15, 0.2) is 18.2 Å². The first kappa shape index (κ1) is 9.13. The Hall–Kier alpha value is -0.963. The van der Waals surface area contributed by atoms with E-state index in [0.29, 0.717) is 0 Å². The molecule has 0 saturated heterocycles. The Balaban J connectivity index is 3.19. The third-order valence-corrected chi connectivity index (χ3v) is 3.83. The van der Waals surface area contributed by atoms with E-state index in [1.807, 2.05) is 0 Å². The van der Waals surface area contributed by atoms with Gasteiger partial charge in [-0.2, -0.15) is 0 Å². The van der Waals surface area contributed by atoms with Crippen molar-refractivity contribution < 1.29 is 10.2 Å². The Morgan fingerprint density at radius 1 is 1.08 bits per heavy atom. The first-order valence-electron chi connectivity index (χ1n) is 3.94. The summed E-state index contributed by atoms with van der Waals surface area (Å²) in [4.78, 5) is 0. The van der Waals surface area contributed by atoms with Crippen molar-refractivity contribution in [1.29, 1.82) is 0 Å². The van der Waals surface area contributed by atoms with Crippen molar-refractivity contribution in [3.8, 4) is 11.5 Å². The molecule has 1 aromatic rings. The van der Waals surface area contributed by atoms with E-state index in [4.69, 9.17) is 5.11 Å². The lowest BCUT2D eigenvalue weighted by atomic mass is 10.3. The van der Waals surface area contributed by atoms with Gasteiger partial charge in [0.2, 0.25) is 0 Å². The van der Waals surface area contributed by atoms with E-state index in [-0.39, 0.29) is 11.5 Å². The van der Waals surface area contributed by atoms with Crippen LogP contribution in [-0.4, -0.2) is 18.3 Å². The fourth-order valence-electron chi connectivity index (χ4n) is 1.15. The number of phenols is 2. The minimum absolute atomic E-state index is 0.120. The second kappa shape index (κ2) is 2.82. The molecule has 0 aliphatic rings. The quantitative estimate of drug-likeness (QED) is 0.648. The fraction of sp³-hybridized carbons (Fsp3) is 0.333. The zero-order valence-electron chi connectivity index (χ0n) is 7.63. The zero-order valence-corrected chi connectivity index (χ0v) is 8.63. The van der Waals surface area contributed by atoms with E-state index in [2.05, 4.69) is 19.6 Å². The normalized spacial score (nSPS) is 11.6. The van der Waals surface area contributed by atoms with Crippen LogP contribution >= 0.6 is 0 Å². The largest absolute Gasteiger partial charge is 0.508 e. The van der Waals surface area contributed by atoms with Crippen molar-refractivity contribution in [2.24, 2.45) is 0 Å². The first-order chi connectivity index (χ1) is 5.41. The Bertz CT molecular complexity index is 289. The van der Waals surface area contributed by atoms with Gasteiger partial charge in [-0.05, 0) is 11.3 Å². The number of aromatic hydroxyl groups is 2. The van der Waals surface area contributed by atoms with Gasteiger partial charge in [-0.1, -0.05) is 25.7 Å². The summed E-state index contributed by atoms with van der Waals surface area (Å²) in [7, 11) is -1.46. The summed E-state index contributed by atoms with van der Waals surface area (Å²) in [5.74, 6) is 0.337. The molecule has 0 amide bonds. The molecule has 66 valence electrons. The number of hydrogen-bond donors (Lipinski definition) is 2. The molecule has 1 aromatic carbocycles. The maximum Gasteiger partial charge on any atom is 0.119 e. The average Bonchev–Trinajstić information content (AvgIpc) is 1.83. The molecule has 0 heterocycles. The van der Waals surface area contributed by atoms with Crippen molar-refractivity contribution >= 4 is 13.3 Å². The van der Waals surface area contributed by atoms with Crippen molar-refractivity contribution in [2.45, 2.75) is 19.6 Å². The van der Waals surface area contributed by atoms with Crippen LogP contribution in [0.1, 0.15) is 0 Å². The molecule has 0 atom stereocenters. The van der Waals surface area contributed by atoms with Crippen LogP contribution in [0.2, 0.25) is 19.6 Å². The van der Waals surface area contributed by atoms with Crippen LogP contribution in [0.4, 0.5) is 0 Å². The summed E-state index contributed by atoms with van der Waals surface area (Å²) < 4.78 is 0. The van der Waals surface area contributed by atoms with E-state index in [1.54, 1.807) is 12.1 Å². The van der Waals surface area contributed by atoms with E-state index in [0.717, 1.165) is 5.19 Å². The molecule has 3 heteroatoms. The molecule has 0 fully saturated rings. The highest BCUT2D eigenvalue weighted by Crippen LogP contribution is 2.18. The van der Waals surface area contributed by atoms with Crippen LogP contribution in [0.3, 0.4) is 0 Å². The summed E-state index contributed by atoms with van der Waals surface area (Å²) in [5.41, 5.74) is 0.